The average Bonchev–Trinajstić information content (AvgIpc) is 3.86. The number of nitrogens with one attached hydrogen (secondary N) is 1. The highest BCUT2D eigenvalue weighted by molar-refractivity contribution is 6.19. The van der Waals surface area contributed by atoms with Crippen LogP contribution in [0, 0.1) is 36.5 Å². The summed E-state index contributed by atoms with van der Waals surface area (Å²) in [5, 5.41) is 46.5. The zero-order valence-corrected chi connectivity index (χ0v) is 43.2. The number of aliphatic hydroxyl groups is 2. The number of Topliss-reactive ketones (excluding diaryl/α,β-unsaturated/α-hetero) is 1. The van der Waals surface area contributed by atoms with Gasteiger partial charge in [-0.05, 0) is 80.8 Å². The van der Waals surface area contributed by atoms with E-state index in [4.69, 9.17) is 29.3 Å². The van der Waals surface area contributed by atoms with Gasteiger partial charge in [-0.2, -0.15) is 0 Å². The van der Waals surface area contributed by atoms with E-state index in [9.17, 15) is 29.7 Å². The second-order valence-electron chi connectivity index (χ2n) is 21.1. The Morgan fingerprint density at radius 2 is 1.59 bits per heavy atom. The molecule has 0 radical (unpaired) electrons. The number of anilines is 1. The molecule has 71 heavy (non-hydrogen) atoms. The summed E-state index contributed by atoms with van der Waals surface area (Å²) < 4.78 is 19.0. The van der Waals surface area contributed by atoms with Crippen LogP contribution in [0.1, 0.15) is 121 Å². The average molecular weight is 978 g/mol. The van der Waals surface area contributed by atoms with Crippen LogP contribution in [0.25, 0.3) is 10.8 Å². The van der Waals surface area contributed by atoms with E-state index >= 15 is 0 Å². The first kappa shape index (κ1) is 53.0. The van der Waals surface area contributed by atoms with E-state index in [-0.39, 0.29) is 67.6 Å². The van der Waals surface area contributed by atoms with E-state index in [1.807, 2.05) is 51.1 Å². The zero-order valence-electron chi connectivity index (χ0n) is 43.2. The van der Waals surface area contributed by atoms with Gasteiger partial charge in [-0.1, -0.05) is 90.1 Å². The van der Waals surface area contributed by atoms with Gasteiger partial charge in [-0.15, -0.1) is 0 Å². The molecule has 6 heterocycles. The van der Waals surface area contributed by atoms with Gasteiger partial charge in [0.1, 0.15) is 28.6 Å². The second-order valence-corrected chi connectivity index (χ2v) is 21.1. The van der Waals surface area contributed by atoms with Crippen molar-refractivity contribution in [3.8, 4) is 17.2 Å². The smallest absolute Gasteiger partial charge is 0.410 e. The maximum Gasteiger partial charge on any atom is 0.410 e. The number of phenolic OH excluding ortho intramolecular Hbond substituents is 2. The maximum absolute atomic E-state index is 14.8. The predicted molar refractivity (Wildman–Crippen MR) is 273 cm³/mol. The fourth-order valence-corrected chi connectivity index (χ4v) is 11.1. The molecule has 5 N–H and O–H groups in total. The summed E-state index contributed by atoms with van der Waals surface area (Å²) in [6.45, 7) is 20.6. The Kier molecular flexibility index (Phi) is 16.4. The summed E-state index contributed by atoms with van der Waals surface area (Å²) >= 11 is 0. The van der Waals surface area contributed by atoms with Crippen LogP contribution in [-0.4, -0.2) is 112 Å². The number of phenols is 2. The van der Waals surface area contributed by atoms with Crippen LogP contribution < -0.4 is 20.8 Å². The van der Waals surface area contributed by atoms with Gasteiger partial charge in [0.25, 0.3) is 11.7 Å². The highest BCUT2D eigenvalue weighted by atomic mass is 16.7. The molecule has 3 aromatic carbocycles. The molecule has 3 aromatic rings. The van der Waals surface area contributed by atoms with Gasteiger partial charge >= 0.3 is 11.9 Å². The van der Waals surface area contributed by atoms with Gasteiger partial charge in [0.15, 0.2) is 11.4 Å². The summed E-state index contributed by atoms with van der Waals surface area (Å²) in [5.41, 5.74) is 0.973. The number of hydrogen-bond donors (Lipinski definition) is 5. The fraction of sp³-hybridized carbons (Fsp3) is 0.554. The van der Waals surface area contributed by atoms with Gasteiger partial charge in [0.05, 0.1) is 28.7 Å². The molecule has 4 unspecified atom stereocenters. The predicted octanol–water partition coefficient (Wildman–Crippen LogP) is 8.22. The zero-order chi connectivity index (χ0) is 51.5. The minimum absolute atomic E-state index is 0.00193. The number of hydrogen-bond acceptors (Lipinski definition) is 13. The first-order valence-corrected chi connectivity index (χ1v) is 25.4. The molecule has 6 aliphatic heterocycles. The van der Waals surface area contributed by atoms with E-state index in [2.05, 4.69) is 43.1 Å². The van der Waals surface area contributed by atoms with E-state index < -0.39 is 53.1 Å². The van der Waals surface area contributed by atoms with E-state index in [1.165, 1.54) is 18.7 Å². The number of amides is 2. The maximum atomic E-state index is 14.8. The van der Waals surface area contributed by atoms with Gasteiger partial charge < -0.3 is 49.8 Å². The number of benzene rings is 3. The molecule has 15 nitrogen and oxygen atoms in total. The third kappa shape index (κ3) is 10.9. The monoisotopic (exact) mass is 978 g/mol. The molecule has 6 aliphatic rings. The molecule has 2 saturated heterocycles. The number of aromatic hydroxyl groups is 2. The lowest BCUT2D eigenvalue weighted by Gasteiger charge is -2.37. The number of rotatable bonds is 4. The molecule has 9 rings (SSSR count). The first-order valence-electron chi connectivity index (χ1n) is 25.4. The number of ketones is 1. The van der Waals surface area contributed by atoms with Crippen molar-refractivity contribution >= 4 is 34.2 Å². The van der Waals surface area contributed by atoms with Crippen molar-refractivity contribution in [1.29, 1.82) is 0 Å². The third-order valence-electron chi connectivity index (χ3n) is 15.2. The number of piperidine rings is 2. The van der Waals surface area contributed by atoms with Gasteiger partial charge in [-0.3, -0.25) is 19.6 Å². The van der Waals surface area contributed by atoms with Crippen molar-refractivity contribution in [2.45, 2.75) is 130 Å². The van der Waals surface area contributed by atoms with Crippen molar-refractivity contribution in [2.24, 2.45) is 39.6 Å². The lowest BCUT2D eigenvalue weighted by atomic mass is 9.80. The second kappa shape index (κ2) is 21.9. The number of ether oxygens (including phenoxy) is 3. The van der Waals surface area contributed by atoms with Crippen molar-refractivity contribution in [1.82, 2.24) is 9.80 Å². The molecule has 0 saturated carbocycles. The number of likely N-dealkylation sites (tertiary alicyclic amines) is 2. The number of allylic oxidation sites excluding steroid dienone is 4. The summed E-state index contributed by atoms with van der Waals surface area (Å²) in [4.78, 5) is 57.4. The van der Waals surface area contributed by atoms with Crippen LogP contribution in [-0.2, 0) is 14.3 Å². The molecule has 384 valence electrons. The summed E-state index contributed by atoms with van der Waals surface area (Å²) in [6.07, 6.45) is 10.5. The lowest BCUT2D eigenvalue weighted by molar-refractivity contribution is -0.112. The summed E-state index contributed by atoms with van der Waals surface area (Å²) in [5.74, 6) is -3.66. The molecule has 2 amide bonds. The van der Waals surface area contributed by atoms with Crippen molar-refractivity contribution in [2.75, 3.05) is 45.2 Å². The Morgan fingerprint density at radius 1 is 0.930 bits per heavy atom. The Hall–Kier alpha value is -5.77. The molecule has 2 fully saturated rings. The molecular formula is C56H75N5O10. The molecule has 0 aromatic heterocycles. The molecule has 15 heteroatoms. The number of aliphatic hydroxyl groups excluding tert-OH is 2. The number of nitrogens with zero attached hydrogens (tertiary/aromatic N) is 4. The third-order valence-corrected chi connectivity index (χ3v) is 15.2. The molecule has 7 atom stereocenters. The number of carbonyl (C=O) groups is 3. The van der Waals surface area contributed by atoms with E-state index in [1.54, 1.807) is 30.9 Å². The standard InChI is InChI=1S/C55H71N5O9.CH4O/c1-31(2)30-59-26-22-55(23-27-59)57-43-40-41-47(62)37(8)50-42(40)51(64)54(9,69-50)67-28-14-17-33(4)49(68-53(66)60-24-20-39(21-25-60)38-18-11-10-12-19-38)36(7)46(61)35(6)29-32(3)15-13-16-34(5)52(65)56-45(48(41)63)44(43)58-55;1-2/h10-16,18-19,28,31-33,35-36,39,46,49,61-63H,17,20-27,29-30H2,1-9H3,(H,56,65);2H,1H3/b15-13+,28-14+,34-16-;/t32?,33-,35-,36-,46?,49?,54?;/m1./s1. The first-order chi connectivity index (χ1) is 33.8. The largest absolute Gasteiger partial charge is 0.507 e. The molecule has 0 aliphatic carbocycles. The number of fused-ring (bicyclic) bond motifs is 13. The van der Waals surface area contributed by atoms with E-state index in [0.29, 0.717) is 56.2 Å². The van der Waals surface area contributed by atoms with Gasteiger partial charge in [0, 0.05) is 82.0 Å². The van der Waals surface area contributed by atoms with Crippen LogP contribution >= 0.6 is 0 Å². The molecular weight excluding hydrogens is 903 g/mol. The van der Waals surface area contributed by atoms with Gasteiger partial charge in [0.2, 0.25) is 0 Å². The topological polar surface area (TPSA) is 203 Å². The van der Waals surface area contributed by atoms with Gasteiger partial charge in [-0.25, -0.2) is 4.79 Å². The van der Waals surface area contributed by atoms with Crippen LogP contribution in [0.2, 0.25) is 0 Å². The highest BCUT2D eigenvalue weighted by Gasteiger charge is 2.50. The minimum Gasteiger partial charge on any atom is -0.507 e. The number of carbonyl (C=O) groups excluding carboxylic acids is 3. The van der Waals surface area contributed by atoms with Crippen LogP contribution in [0.15, 0.2) is 76.5 Å². The van der Waals surface area contributed by atoms with Crippen LogP contribution in [0.5, 0.6) is 17.2 Å². The quantitative estimate of drug-likeness (QED) is 0.158. The van der Waals surface area contributed by atoms with Crippen LogP contribution in [0.3, 0.4) is 0 Å². The SMILES string of the molecule is C/C1=C/C=C/C(C)C[C@@H](C)C(O)[C@@H](C)C(OC(=O)N2CCC(c3ccccc3)CC2)[C@H](C)C/C=C/OC2(C)Oc3c(C)c(O)c4c(O)c(c5c(c4c3C2=O)=NC2(CCN(CC(C)C)CC2)N=5)NC1=O.CO. The fourth-order valence-electron chi connectivity index (χ4n) is 11.1. The Morgan fingerprint density at radius 3 is 2.25 bits per heavy atom. The molecule has 1 spiro atoms. The van der Waals surface area contributed by atoms with Crippen LogP contribution in [0.4, 0.5) is 10.5 Å². The van der Waals surface area contributed by atoms with Crippen molar-refractivity contribution in [3.63, 3.8) is 0 Å². The highest BCUT2D eigenvalue weighted by Crippen LogP contribution is 2.50. The summed E-state index contributed by atoms with van der Waals surface area (Å²) in [7, 11) is 1.00. The van der Waals surface area contributed by atoms with Crippen molar-refractivity contribution < 1.29 is 49.0 Å². The Balaban J connectivity index is 0.00000366. The minimum atomic E-state index is -1.88. The Labute approximate surface area is 418 Å². The normalized spacial score (nSPS) is 28.9. The Bertz CT molecular complexity index is 2680. The van der Waals surface area contributed by atoms with E-state index in [0.717, 1.165) is 39.6 Å². The van der Waals surface area contributed by atoms with Crippen molar-refractivity contribution in [3.05, 3.63) is 93.9 Å². The summed E-state index contributed by atoms with van der Waals surface area (Å²) in [6, 6.07) is 10.4. The molecule has 5 bridgehead atoms. The lowest BCUT2D eigenvalue weighted by Crippen LogP contribution is -2.45.